The van der Waals surface area contributed by atoms with E-state index < -0.39 is 5.97 Å². The van der Waals surface area contributed by atoms with Gasteiger partial charge >= 0.3 is 5.97 Å². The molecule has 1 aromatic heterocycles. The van der Waals surface area contributed by atoms with E-state index in [-0.39, 0.29) is 5.56 Å². The fourth-order valence-corrected chi connectivity index (χ4v) is 6.32. The Morgan fingerprint density at radius 3 is 2.39 bits per heavy atom. The van der Waals surface area contributed by atoms with E-state index in [2.05, 4.69) is 29.0 Å². The third-order valence-electron chi connectivity index (χ3n) is 7.85. The highest BCUT2D eigenvalue weighted by molar-refractivity contribution is 7.98. The standard InChI is InChI=1S/C34H31ClN2O3S/c1-41-29-16-17-30(22-7-12-26(35)13-8-22)25(19-29)21-40-28-14-9-23(10-15-28)33-36-31-20-24(34(38)39)11-18-32(31)37(33)27-5-3-2-4-6-27/h7-20,27H,2-6,21H2,1H3,(H,38,39). The number of fused-ring (bicyclic) bond motifs is 1. The number of imidazole rings is 1. The van der Waals surface area contributed by atoms with Crippen molar-refractivity contribution in [3.63, 3.8) is 0 Å². The molecule has 0 atom stereocenters. The molecule has 0 unspecified atom stereocenters. The highest BCUT2D eigenvalue weighted by Crippen LogP contribution is 2.37. The molecule has 7 heteroatoms. The van der Waals surface area contributed by atoms with Crippen molar-refractivity contribution in [1.29, 1.82) is 0 Å². The lowest BCUT2D eigenvalue weighted by Crippen LogP contribution is -2.14. The lowest BCUT2D eigenvalue weighted by Gasteiger charge is -2.25. The average Bonchev–Trinajstić information content (AvgIpc) is 3.40. The molecule has 1 heterocycles. The summed E-state index contributed by atoms with van der Waals surface area (Å²) in [5, 5.41) is 10.2. The summed E-state index contributed by atoms with van der Waals surface area (Å²) in [6.45, 7) is 0.435. The van der Waals surface area contributed by atoms with Gasteiger partial charge in [0.25, 0.3) is 0 Å². The van der Waals surface area contributed by atoms with Crippen molar-refractivity contribution in [2.24, 2.45) is 0 Å². The van der Waals surface area contributed by atoms with Gasteiger partial charge in [-0.3, -0.25) is 0 Å². The van der Waals surface area contributed by atoms with Crippen LogP contribution in [0.3, 0.4) is 0 Å². The van der Waals surface area contributed by atoms with E-state index in [0.717, 1.165) is 52.2 Å². The van der Waals surface area contributed by atoms with Crippen molar-refractivity contribution in [3.05, 3.63) is 101 Å². The van der Waals surface area contributed by atoms with Gasteiger partial charge in [-0.25, -0.2) is 9.78 Å². The zero-order valence-corrected chi connectivity index (χ0v) is 24.4. The first-order valence-corrected chi connectivity index (χ1v) is 15.5. The molecular formula is C34H31ClN2O3S. The number of hydrogen-bond donors (Lipinski definition) is 1. The minimum Gasteiger partial charge on any atom is -0.489 e. The third-order valence-corrected chi connectivity index (χ3v) is 8.83. The van der Waals surface area contributed by atoms with Gasteiger partial charge in [-0.1, -0.05) is 49.1 Å². The molecule has 208 valence electrons. The Kier molecular flexibility index (Phi) is 8.04. The Morgan fingerprint density at radius 1 is 0.951 bits per heavy atom. The van der Waals surface area contributed by atoms with Crippen molar-refractivity contribution >= 4 is 40.4 Å². The summed E-state index contributed by atoms with van der Waals surface area (Å²) in [5.41, 5.74) is 6.28. The summed E-state index contributed by atoms with van der Waals surface area (Å²) in [6.07, 6.45) is 7.92. The quantitative estimate of drug-likeness (QED) is 0.185. The van der Waals surface area contributed by atoms with Crippen LogP contribution in [0.1, 0.15) is 54.1 Å². The number of thioether (sulfide) groups is 1. The monoisotopic (exact) mass is 582 g/mol. The molecule has 5 aromatic rings. The molecule has 4 aromatic carbocycles. The summed E-state index contributed by atoms with van der Waals surface area (Å²) in [6, 6.07) is 28.0. The summed E-state index contributed by atoms with van der Waals surface area (Å²) in [7, 11) is 0. The Balaban J connectivity index is 1.29. The second-order valence-electron chi connectivity index (χ2n) is 10.4. The van der Waals surface area contributed by atoms with E-state index in [1.165, 1.54) is 24.2 Å². The predicted molar refractivity (Wildman–Crippen MR) is 167 cm³/mol. The van der Waals surface area contributed by atoms with Crippen molar-refractivity contribution in [2.45, 2.75) is 49.6 Å². The van der Waals surface area contributed by atoms with Gasteiger partial charge < -0.3 is 14.4 Å². The van der Waals surface area contributed by atoms with Crippen LogP contribution in [0.4, 0.5) is 0 Å². The largest absolute Gasteiger partial charge is 0.489 e. The van der Waals surface area contributed by atoms with Crippen LogP contribution in [0, 0.1) is 0 Å². The highest BCUT2D eigenvalue weighted by Gasteiger charge is 2.23. The zero-order valence-electron chi connectivity index (χ0n) is 22.8. The molecular weight excluding hydrogens is 552 g/mol. The smallest absolute Gasteiger partial charge is 0.335 e. The average molecular weight is 583 g/mol. The maximum absolute atomic E-state index is 11.6. The number of hydrogen-bond acceptors (Lipinski definition) is 4. The molecule has 0 bridgehead atoms. The van der Waals surface area contributed by atoms with Gasteiger partial charge in [-0.2, -0.15) is 0 Å². The second kappa shape index (κ2) is 12.0. The van der Waals surface area contributed by atoms with Gasteiger partial charge in [-0.15, -0.1) is 11.8 Å². The van der Waals surface area contributed by atoms with E-state index in [9.17, 15) is 9.90 Å². The summed E-state index contributed by atoms with van der Waals surface area (Å²) < 4.78 is 8.61. The third kappa shape index (κ3) is 5.85. The Hall–Kier alpha value is -3.74. The lowest BCUT2D eigenvalue weighted by molar-refractivity contribution is 0.0697. The van der Waals surface area contributed by atoms with Crippen molar-refractivity contribution in [2.75, 3.05) is 6.26 Å². The van der Waals surface area contributed by atoms with Crippen LogP contribution < -0.4 is 4.74 Å². The van der Waals surface area contributed by atoms with Gasteiger partial charge in [0.15, 0.2) is 0 Å². The molecule has 1 aliphatic carbocycles. The fraction of sp³-hybridized carbons (Fsp3) is 0.235. The zero-order chi connectivity index (χ0) is 28.3. The van der Waals surface area contributed by atoms with E-state index in [1.54, 1.807) is 23.9 Å². The topological polar surface area (TPSA) is 64.3 Å². The van der Waals surface area contributed by atoms with Gasteiger partial charge in [0, 0.05) is 21.5 Å². The summed E-state index contributed by atoms with van der Waals surface area (Å²) in [5.74, 6) is 0.710. The number of nitrogens with zero attached hydrogens (tertiary/aromatic N) is 2. The normalized spacial score (nSPS) is 13.9. The molecule has 1 N–H and O–H groups in total. The number of carbonyl (C=O) groups is 1. The highest BCUT2D eigenvalue weighted by atomic mass is 35.5. The second-order valence-corrected chi connectivity index (χ2v) is 11.8. The Morgan fingerprint density at radius 2 is 1.68 bits per heavy atom. The maximum Gasteiger partial charge on any atom is 0.335 e. The Labute approximate surface area is 249 Å². The van der Waals surface area contributed by atoms with Crippen LogP contribution in [-0.2, 0) is 6.61 Å². The first-order chi connectivity index (χ1) is 20.0. The Bertz CT molecular complexity index is 1690. The summed E-state index contributed by atoms with van der Waals surface area (Å²) in [4.78, 5) is 17.7. The van der Waals surface area contributed by atoms with Crippen LogP contribution in [0.15, 0.2) is 89.8 Å². The molecule has 41 heavy (non-hydrogen) atoms. The number of aromatic carboxylic acids is 1. The van der Waals surface area contributed by atoms with Crippen molar-refractivity contribution in [3.8, 4) is 28.3 Å². The summed E-state index contributed by atoms with van der Waals surface area (Å²) >= 11 is 7.83. The molecule has 0 spiro atoms. The van der Waals surface area contributed by atoms with Gasteiger partial charge in [0.05, 0.1) is 16.6 Å². The number of aromatic nitrogens is 2. The van der Waals surface area contributed by atoms with Gasteiger partial charge in [0.1, 0.15) is 18.2 Å². The molecule has 1 aliphatic rings. The molecule has 0 amide bonds. The SMILES string of the molecule is CSc1ccc(-c2ccc(Cl)cc2)c(COc2ccc(-c3nc4cc(C(=O)O)ccc4n3C3CCCCC3)cc2)c1. The molecule has 0 saturated heterocycles. The van der Waals surface area contributed by atoms with Crippen LogP contribution in [0.5, 0.6) is 5.75 Å². The van der Waals surface area contributed by atoms with Crippen LogP contribution >= 0.6 is 23.4 Å². The maximum atomic E-state index is 11.6. The molecule has 1 saturated carbocycles. The minimum atomic E-state index is -0.940. The fourth-order valence-electron chi connectivity index (χ4n) is 5.73. The van der Waals surface area contributed by atoms with E-state index in [4.69, 9.17) is 21.3 Å². The molecule has 0 radical (unpaired) electrons. The number of benzene rings is 4. The molecule has 5 nitrogen and oxygen atoms in total. The number of rotatable bonds is 8. The van der Waals surface area contributed by atoms with E-state index >= 15 is 0 Å². The van der Waals surface area contributed by atoms with E-state index in [0.29, 0.717) is 23.2 Å². The number of halogens is 1. The van der Waals surface area contributed by atoms with Crippen LogP contribution in [0.25, 0.3) is 33.5 Å². The molecule has 6 rings (SSSR count). The first kappa shape index (κ1) is 27.4. The molecule has 1 fully saturated rings. The van der Waals surface area contributed by atoms with Crippen molar-refractivity contribution in [1.82, 2.24) is 9.55 Å². The van der Waals surface area contributed by atoms with Crippen LogP contribution in [-0.4, -0.2) is 26.9 Å². The number of carboxylic acid groups (broad SMARTS) is 1. The number of ether oxygens (including phenoxy) is 1. The van der Waals surface area contributed by atoms with Gasteiger partial charge in [0.2, 0.25) is 0 Å². The number of carboxylic acids is 1. The molecule has 0 aliphatic heterocycles. The van der Waals surface area contributed by atoms with Crippen molar-refractivity contribution < 1.29 is 14.6 Å². The first-order valence-electron chi connectivity index (χ1n) is 13.9. The van der Waals surface area contributed by atoms with E-state index in [1.807, 2.05) is 54.6 Å². The predicted octanol–water partition coefficient (Wildman–Crippen LogP) is 9.53. The minimum absolute atomic E-state index is 0.254. The van der Waals surface area contributed by atoms with Crippen LogP contribution in [0.2, 0.25) is 5.02 Å². The van der Waals surface area contributed by atoms with Gasteiger partial charge in [-0.05, 0) is 103 Å². The lowest BCUT2D eigenvalue weighted by atomic mass is 9.95.